The second-order valence-corrected chi connectivity index (χ2v) is 8.19. The summed E-state index contributed by atoms with van der Waals surface area (Å²) < 4.78 is 3.86. The Bertz CT molecular complexity index is 895. The van der Waals surface area contributed by atoms with Crippen molar-refractivity contribution in [2.45, 2.75) is 44.1 Å². The second-order valence-electron chi connectivity index (χ2n) is 7.24. The summed E-state index contributed by atoms with van der Waals surface area (Å²) in [5.41, 5.74) is 1.49. The Hall–Kier alpha value is -2.99. The van der Waals surface area contributed by atoms with Gasteiger partial charge in [0.1, 0.15) is 0 Å². The van der Waals surface area contributed by atoms with Crippen molar-refractivity contribution in [1.29, 1.82) is 5.26 Å². The summed E-state index contributed by atoms with van der Waals surface area (Å²) in [6.07, 6.45) is 5.45. The van der Waals surface area contributed by atoms with Crippen molar-refractivity contribution in [3.05, 3.63) is 46.5 Å². The highest BCUT2D eigenvalue weighted by atomic mass is 32.1. The minimum atomic E-state index is -0.176. The second kappa shape index (κ2) is 9.47. The largest absolute Gasteiger partial charge is 0.359 e. The molecule has 1 saturated carbocycles. The fourth-order valence-corrected chi connectivity index (χ4v) is 4.32. The van der Waals surface area contributed by atoms with Crippen molar-refractivity contribution in [3.63, 3.8) is 0 Å². The number of carbonyl (C=O) groups excluding carboxylic acids is 1. The third-order valence-corrected chi connectivity index (χ3v) is 6.15. The molecule has 1 heterocycles. The van der Waals surface area contributed by atoms with E-state index in [1.165, 1.54) is 17.1 Å². The fourth-order valence-electron chi connectivity index (χ4n) is 3.85. The van der Waals surface area contributed by atoms with Crippen LogP contribution in [0.25, 0.3) is 0 Å². The zero-order chi connectivity index (χ0) is 20.7. The number of aliphatic imine (C=N–C) groups is 1. The fraction of sp³-hybridized carbons (Fsp3) is 0.450. The van der Waals surface area contributed by atoms with Gasteiger partial charge in [-0.25, -0.2) is 0 Å². The van der Waals surface area contributed by atoms with E-state index in [-0.39, 0.29) is 17.4 Å². The lowest BCUT2D eigenvalue weighted by Gasteiger charge is -2.41. The summed E-state index contributed by atoms with van der Waals surface area (Å²) >= 11 is 1.23. The summed E-state index contributed by atoms with van der Waals surface area (Å²) in [5.74, 6) is 0.315. The van der Waals surface area contributed by atoms with Crippen molar-refractivity contribution < 1.29 is 4.79 Å². The highest BCUT2D eigenvalue weighted by Gasteiger charge is 2.37. The number of nitrogens with one attached hydrogen (secondary N) is 3. The number of rotatable bonds is 5. The lowest BCUT2D eigenvalue weighted by atomic mass is 9.68. The molecule has 1 amide bonds. The Morgan fingerprint density at radius 2 is 2.07 bits per heavy atom. The molecule has 152 valence electrons. The average molecular weight is 412 g/mol. The van der Waals surface area contributed by atoms with Gasteiger partial charge in [-0.2, -0.15) is 5.26 Å². The smallest absolute Gasteiger partial charge is 0.273 e. The molecule has 0 unspecified atom stereocenters. The topological polar surface area (TPSA) is 115 Å². The van der Waals surface area contributed by atoms with Crippen molar-refractivity contribution >= 4 is 23.4 Å². The van der Waals surface area contributed by atoms with Gasteiger partial charge >= 0.3 is 0 Å². The molecule has 2 aromatic rings. The Morgan fingerprint density at radius 3 is 2.66 bits per heavy atom. The van der Waals surface area contributed by atoms with E-state index in [2.05, 4.69) is 42.7 Å². The SMILES string of the molecule is CN/C(=N\C#N)N[C@H]1CC[C@](CNC(=O)c2nnsc2C)(c2ccccc2)CC1. The predicted octanol–water partition coefficient (Wildman–Crippen LogP) is 2.10. The first kappa shape index (κ1) is 20.7. The molecule has 0 spiro atoms. The van der Waals surface area contributed by atoms with Crippen LogP contribution in [-0.2, 0) is 5.41 Å². The zero-order valence-electron chi connectivity index (χ0n) is 16.6. The molecule has 1 fully saturated rings. The number of hydrogen-bond acceptors (Lipinski definition) is 6. The molecule has 0 bridgehead atoms. The first-order valence-corrected chi connectivity index (χ1v) is 10.4. The standard InChI is InChI=1S/C20H25N7OS/c1-14-17(26-27-29-14)18(28)23-12-20(15-6-4-3-5-7-15)10-8-16(9-11-20)25-19(22-2)24-13-21/h3-7,16H,8-12H2,1-2H3,(H,23,28)(H2,22,24,25)/t16-,20-. The molecule has 3 N–H and O–H groups in total. The normalized spacial score (nSPS) is 21.8. The van der Waals surface area contributed by atoms with Crippen molar-refractivity contribution in [2.24, 2.45) is 4.99 Å². The van der Waals surface area contributed by atoms with Gasteiger partial charge in [0.2, 0.25) is 12.2 Å². The number of guanidine groups is 1. The summed E-state index contributed by atoms with van der Waals surface area (Å²) in [5, 5.41) is 22.0. The van der Waals surface area contributed by atoms with E-state index in [9.17, 15) is 4.79 Å². The maximum absolute atomic E-state index is 12.6. The Morgan fingerprint density at radius 1 is 1.34 bits per heavy atom. The molecule has 1 aliphatic rings. The zero-order valence-corrected chi connectivity index (χ0v) is 17.4. The van der Waals surface area contributed by atoms with Crippen LogP contribution in [0.15, 0.2) is 35.3 Å². The van der Waals surface area contributed by atoms with E-state index >= 15 is 0 Å². The molecular formula is C20H25N7OS. The predicted molar refractivity (Wildman–Crippen MR) is 113 cm³/mol. The molecule has 29 heavy (non-hydrogen) atoms. The average Bonchev–Trinajstić information content (AvgIpc) is 3.19. The van der Waals surface area contributed by atoms with Gasteiger partial charge in [-0.15, -0.1) is 10.1 Å². The van der Waals surface area contributed by atoms with Gasteiger partial charge in [0.15, 0.2) is 5.69 Å². The highest BCUT2D eigenvalue weighted by molar-refractivity contribution is 7.05. The number of benzene rings is 1. The molecule has 0 aliphatic heterocycles. The molecule has 0 saturated heterocycles. The van der Waals surface area contributed by atoms with Gasteiger partial charge in [-0.05, 0) is 49.7 Å². The molecule has 1 aromatic heterocycles. The molecule has 1 aromatic carbocycles. The third-order valence-electron chi connectivity index (χ3n) is 5.52. The quantitative estimate of drug-likeness (QED) is 0.394. The van der Waals surface area contributed by atoms with E-state index in [0.717, 1.165) is 30.6 Å². The Labute approximate surface area is 174 Å². The van der Waals surface area contributed by atoms with Gasteiger partial charge in [0.25, 0.3) is 5.91 Å². The molecule has 1 aliphatic carbocycles. The van der Waals surface area contributed by atoms with Crippen LogP contribution >= 0.6 is 11.5 Å². The van der Waals surface area contributed by atoms with Crippen LogP contribution in [0.2, 0.25) is 0 Å². The number of aryl methyl sites for hydroxylation is 1. The number of amides is 1. The lowest BCUT2D eigenvalue weighted by molar-refractivity contribution is 0.0929. The maximum atomic E-state index is 12.6. The third kappa shape index (κ3) is 4.90. The number of nitrogens with zero attached hydrogens (tertiary/aromatic N) is 4. The van der Waals surface area contributed by atoms with E-state index in [1.807, 2.05) is 25.1 Å². The van der Waals surface area contributed by atoms with Crippen molar-refractivity contribution in [1.82, 2.24) is 25.5 Å². The first-order valence-electron chi connectivity index (χ1n) is 9.62. The number of aromatic nitrogens is 2. The van der Waals surface area contributed by atoms with Gasteiger partial charge in [0, 0.05) is 25.0 Å². The molecule has 9 heteroatoms. The van der Waals surface area contributed by atoms with Crippen LogP contribution in [0.3, 0.4) is 0 Å². The number of carbonyl (C=O) groups is 1. The molecular weight excluding hydrogens is 386 g/mol. The van der Waals surface area contributed by atoms with Gasteiger partial charge in [-0.1, -0.05) is 34.8 Å². The lowest BCUT2D eigenvalue weighted by Crippen LogP contribution is -2.49. The van der Waals surface area contributed by atoms with Crippen LogP contribution in [-0.4, -0.2) is 41.1 Å². The highest BCUT2D eigenvalue weighted by Crippen LogP contribution is 2.39. The van der Waals surface area contributed by atoms with Crippen LogP contribution < -0.4 is 16.0 Å². The van der Waals surface area contributed by atoms with Crippen LogP contribution in [0, 0.1) is 18.4 Å². The van der Waals surface area contributed by atoms with Crippen molar-refractivity contribution in [2.75, 3.05) is 13.6 Å². The Kier molecular flexibility index (Phi) is 6.77. The first-order chi connectivity index (χ1) is 14.1. The van der Waals surface area contributed by atoms with E-state index in [1.54, 1.807) is 13.2 Å². The maximum Gasteiger partial charge on any atom is 0.273 e. The van der Waals surface area contributed by atoms with E-state index in [0.29, 0.717) is 18.2 Å². The molecule has 0 atom stereocenters. The van der Waals surface area contributed by atoms with Crippen LogP contribution in [0.4, 0.5) is 0 Å². The monoisotopic (exact) mass is 411 g/mol. The van der Waals surface area contributed by atoms with Crippen LogP contribution in [0.1, 0.15) is 46.6 Å². The summed E-state index contributed by atoms with van der Waals surface area (Å²) in [7, 11) is 1.74. The van der Waals surface area contributed by atoms with Gasteiger partial charge in [0.05, 0.1) is 4.88 Å². The Balaban J connectivity index is 1.72. The van der Waals surface area contributed by atoms with E-state index in [4.69, 9.17) is 5.26 Å². The number of hydrogen-bond donors (Lipinski definition) is 3. The number of nitriles is 1. The van der Waals surface area contributed by atoms with Crippen molar-refractivity contribution in [3.8, 4) is 6.19 Å². The minimum absolute atomic E-state index is 0.140. The summed E-state index contributed by atoms with van der Waals surface area (Å²) in [6.45, 7) is 2.40. The van der Waals surface area contributed by atoms with Gasteiger partial charge in [-0.3, -0.25) is 4.79 Å². The molecule has 8 nitrogen and oxygen atoms in total. The van der Waals surface area contributed by atoms with Gasteiger partial charge < -0.3 is 16.0 Å². The minimum Gasteiger partial charge on any atom is -0.359 e. The van der Waals surface area contributed by atoms with E-state index < -0.39 is 0 Å². The molecule has 0 radical (unpaired) electrons. The molecule has 3 rings (SSSR count). The van der Waals surface area contributed by atoms with Crippen LogP contribution in [0.5, 0.6) is 0 Å². The summed E-state index contributed by atoms with van der Waals surface area (Å²) in [4.78, 5) is 17.2. The summed E-state index contributed by atoms with van der Waals surface area (Å²) in [6, 6.07) is 10.6.